The molecule has 0 saturated carbocycles. The molecule has 9 rings (SSSR count). The molecule has 0 amide bonds. The summed E-state index contributed by atoms with van der Waals surface area (Å²) in [4.78, 5) is 6.45. The lowest BCUT2D eigenvalue weighted by Crippen LogP contribution is -2.51. The third-order valence-corrected chi connectivity index (χ3v) is 20.3. The standard InChI is InChI=1S/C72H84N4O20S4/c1-49-17-21-65(69(33-49)97(81,82)83)53-9-5-13-61(37-53)93-45-57(77)41-73-25-27-74(42-58(78)46-94-62-14-6-10-54(38-62)66-22-18-50(2)34-70(66)98(84,85)86)29-31-76(44-60(80)48-96-64-16-8-12-56(40-64)68-24-20-52(4)36-72(68)100(90,91)92)32-30-75(28-26-73)43-59(79)47-95-63-15-7-11-55(39-63)67-23-19-51(3)35-71(67)99(87,88)89/h5-24,33-40,57-60,77-80H,25-32,41-48H2,1-4H3,(H,81,82,83)(H,84,85,86)(H,87,88,89)(H,90,91,92)/p-4/t57-,58-,59-,60-/m0/s1. The second-order valence-electron chi connectivity index (χ2n) is 25.0. The molecule has 24 nitrogen and oxygen atoms in total. The minimum atomic E-state index is -4.86. The van der Waals surface area contributed by atoms with Gasteiger partial charge in [-0.25, -0.2) is 33.7 Å². The number of hydrogen-bond acceptors (Lipinski definition) is 24. The largest absolute Gasteiger partial charge is 0.744 e. The topological polar surface area (TPSA) is 360 Å². The van der Waals surface area contributed by atoms with Crippen LogP contribution in [0.15, 0.2) is 189 Å². The number of aryl methyl sites for hydroxylation is 4. The quantitative estimate of drug-likeness (QED) is 0.0381. The summed E-state index contributed by atoms with van der Waals surface area (Å²) in [7, 11) is -19.4. The Kier molecular flexibility index (Phi) is 25.9. The normalized spacial score (nSPS) is 15.8. The average molecular weight is 1450 g/mol. The van der Waals surface area contributed by atoms with E-state index in [2.05, 4.69) is 0 Å². The van der Waals surface area contributed by atoms with Gasteiger partial charge in [0.2, 0.25) is 0 Å². The zero-order chi connectivity index (χ0) is 72.1. The van der Waals surface area contributed by atoms with Gasteiger partial charge in [-0.2, -0.15) is 0 Å². The van der Waals surface area contributed by atoms with E-state index in [1.54, 1.807) is 173 Å². The number of β-amino-alcohol motifs (C(OH)–C–C–N with tert-alkyl or cyclic N) is 4. The van der Waals surface area contributed by atoms with Gasteiger partial charge in [-0.3, -0.25) is 19.6 Å². The first kappa shape index (κ1) is 76.5. The van der Waals surface area contributed by atoms with E-state index in [0.717, 1.165) is 0 Å². The van der Waals surface area contributed by atoms with Crippen LogP contribution in [0.2, 0.25) is 0 Å². The van der Waals surface area contributed by atoms with Gasteiger partial charge in [0.1, 0.15) is 114 Å². The number of nitrogens with zero attached hydrogens (tertiary/aromatic N) is 4. The zero-order valence-electron chi connectivity index (χ0n) is 55.5. The van der Waals surface area contributed by atoms with E-state index in [1.165, 1.54) is 24.3 Å². The first-order valence-electron chi connectivity index (χ1n) is 32.1. The summed E-state index contributed by atoms with van der Waals surface area (Å²) in [5.41, 5.74) is 4.64. The molecule has 0 bridgehead atoms. The highest BCUT2D eigenvalue weighted by Crippen LogP contribution is 2.35. The van der Waals surface area contributed by atoms with E-state index >= 15 is 0 Å². The molecule has 8 aromatic carbocycles. The van der Waals surface area contributed by atoms with Crippen LogP contribution in [0.25, 0.3) is 44.5 Å². The molecule has 1 saturated heterocycles. The van der Waals surface area contributed by atoms with Crippen molar-refractivity contribution in [3.8, 4) is 67.5 Å². The molecule has 0 unspecified atom stereocenters. The van der Waals surface area contributed by atoms with Gasteiger partial charge >= 0.3 is 0 Å². The van der Waals surface area contributed by atoms with Crippen LogP contribution in [-0.2, 0) is 40.5 Å². The summed E-state index contributed by atoms with van der Waals surface area (Å²) >= 11 is 0. The fourth-order valence-corrected chi connectivity index (χ4v) is 14.9. The van der Waals surface area contributed by atoms with Gasteiger partial charge in [-0.05, 0) is 167 Å². The highest BCUT2D eigenvalue weighted by atomic mass is 32.2. The first-order valence-corrected chi connectivity index (χ1v) is 37.8. The van der Waals surface area contributed by atoms with Gasteiger partial charge in [0.15, 0.2) is 0 Å². The summed E-state index contributed by atoms with van der Waals surface area (Å²) in [6.45, 7) is 8.45. The van der Waals surface area contributed by atoms with Crippen LogP contribution >= 0.6 is 0 Å². The van der Waals surface area contributed by atoms with Gasteiger partial charge in [0.05, 0.1) is 19.6 Å². The molecule has 0 aromatic heterocycles. The maximum Gasteiger partial charge on any atom is 0.125 e. The molecule has 8 aromatic rings. The highest BCUT2D eigenvalue weighted by Gasteiger charge is 2.25. The van der Waals surface area contributed by atoms with Gasteiger partial charge in [-0.1, -0.05) is 97.1 Å². The van der Waals surface area contributed by atoms with E-state index < -0.39 is 64.9 Å². The SMILES string of the molecule is Cc1ccc(-c2cccc(OC[C@@H](O)CN3CCN(C[C@H](O)COc4cccc(-c5ccc(C)cc5S(=O)(=O)[O-])c4)CCN(C[C@H](O)COc4cccc(-c5ccc(C)cc5S(=O)(=O)[O-])c4)CCN(C[C@H](O)COc4cccc(-c5ccc(C)cc5S(=O)(=O)[O-])c4)CC3)c2)c(S(=O)(=O)[O-])c1. The maximum atomic E-state index is 12.3. The van der Waals surface area contributed by atoms with Crippen molar-refractivity contribution in [2.24, 2.45) is 0 Å². The Labute approximate surface area is 584 Å². The molecular weight excluding hydrogens is 1370 g/mol. The van der Waals surface area contributed by atoms with Crippen LogP contribution in [-0.4, -0.2) is 221 Å². The Hall–Kier alpha value is -7.72. The summed E-state index contributed by atoms with van der Waals surface area (Å²) < 4.78 is 172. The summed E-state index contributed by atoms with van der Waals surface area (Å²) in [6.07, 6.45) is -4.48. The van der Waals surface area contributed by atoms with Crippen LogP contribution in [0.4, 0.5) is 0 Å². The lowest BCUT2D eigenvalue weighted by atomic mass is 10.0. The Morgan fingerprint density at radius 3 is 0.680 bits per heavy atom. The predicted octanol–water partition coefficient (Wildman–Crippen LogP) is 6.49. The minimum Gasteiger partial charge on any atom is -0.744 e. The monoisotopic (exact) mass is 1450 g/mol. The van der Waals surface area contributed by atoms with Crippen molar-refractivity contribution in [3.63, 3.8) is 0 Å². The molecule has 0 radical (unpaired) electrons. The molecule has 4 atom stereocenters. The van der Waals surface area contributed by atoms with Gasteiger partial charge < -0.3 is 57.6 Å². The number of aliphatic hydroxyl groups excluding tert-OH is 4. The second-order valence-corrected chi connectivity index (χ2v) is 30.4. The number of ether oxygens (including phenoxy) is 4. The maximum absolute atomic E-state index is 12.3. The molecule has 100 heavy (non-hydrogen) atoms. The Bertz CT molecular complexity index is 4030. The van der Waals surface area contributed by atoms with E-state index in [9.17, 15) is 72.3 Å². The van der Waals surface area contributed by atoms with E-state index in [0.29, 0.717) is 96.9 Å². The first-order chi connectivity index (χ1) is 47.3. The molecule has 28 heteroatoms. The molecule has 1 aliphatic rings. The van der Waals surface area contributed by atoms with Crippen LogP contribution < -0.4 is 18.9 Å². The Balaban J connectivity index is 0.951. The van der Waals surface area contributed by atoms with Crippen molar-refractivity contribution < 1.29 is 91.3 Å². The van der Waals surface area contributed by atoms with E-state index in [1.807, 2.05) is 19.6 Å². The van der Waals surface area contributed by atoms with Gasteiger partial charge in [0, 0.05) is 78.5 Å². The molecule has 4 N–H and O–H groups in total. The summed E-state index contributed by atoms with van der Waals surface area (Å²) in [6, 6.07) is 44.0. The van der Waals surface area contributed by atoms with E-state index in [-0.39, 0.29) is 117 Å². The fraction of sp³-hybridized carbons (Fsp3) is 0.333. The van der Waals surface area contributed by atoms with Crippen LogP contribution in [0, 0.1) is 27.7 Å². The number of hydrogen-bond donors (Lipinski definition) is 4. The Morgan fingerprint density at radius 1 is 0.310 bits per heavy atom. The molecule has 1 heterocycles. The molecule has 1 fully saturated rings. The molecule has 536 valence electrons. The van der Waals surface area contributed by atoms with Crippen LogP contribution in [0.1, 0.15) is 22.3 Å². The molecule has 1 aliphatic heterocycles. The van der Waals surface area contributed by atoms with Crippen LogP contribution in [0.5, 0.6) is 23.0 Å². The molecule has 0 aliphatic carbocycles. The number of aliphatic hydroxyl groups is 4. The lowest BCUT2D eigenvalue weighted by molar-refractivity contribution is 0.0241. The second kappa shape index (κ2) is 33.8. The molecule has 0 spiro atoms. The highest BCUT2D eigenvalue weighted by molar-refractivity contribution is 7.86. The van der Waals surface area contributed by atoms with Crippen molar-refractivity contribution in [2.75, 3.05) is 105 Å². The van der Waals surface area contributed by atoms with Crippen molar-refractivity contribution in [2.45, 2.75) is 71.7 Å². The smallest absolute Gasteiger partial charge is 0.125 e. The fourth-order valence-electron chi connectivity index (χ4n) is 11.8. The van der Waals surface area contributed by atoms with Crippen LogP contribution in [0.3, 0.4) is 0 Å². The molecular formula is C72H80N4O20S4-4. The van der Waals surface area contributed by atoms with Gasteiger partial charge in [0.25, 0.3) is 0 Å². The lowest BCUT2D eigenvalue weighted by Gasteiger charge is -2.36. The third-order valence-electron chi connectivity index (χ3n) is 16.8. The number of rotatable bonds is 28. The van der Waals surface area contributed by atoms with Crippen molar-refractivity contribution in [1.29, 1.82) is 0 Å². The van der Waals surface area contributed by atoms with Crippen molar-refractivity contribution in [1.82, 2.24) is 19.6 Å². The number of benzene rings is 8. The van der Waals surface area contributed by atoms with E-state index in [4.69, 9.17) is 18.9 Å². The predicted molar refractivity (Wildman–Crippen MR) is 370 cm³/mol. The summed E-state index contributed by atoms with van der Waals surface area (Å²) in [5, 5.41) is 47.1. The van der Waals surface area contributed by atoms with Crippen molar-refractivity contribution in [3.05, 3.63) is 192 Å². The minimum absolute atomic E-state index is 0.0553. The van der Waals surface area contributed by atoms with Crippen molar-refractivity contribution >= 4 is 40.5 Å². The summed E-state index contributed by atoms with van der Waals surface area (Å²) in [5.74, 6) is 1.16. The Morgan fingerprint density at radius 2 is 0.500 bits per heavy atom. The average Bonchev–Trinajstić information content (AvgIpc) is 0.817. The van der Waals surface area contributed by atoms with Gasteiger partial charge in [-0.15, -0.1) is 0 Å². The zero-order valence-corrected chi connectivity index (χ0v) is 58.8. The third kappa shape index (κ3) is 22.1.